The number of nitrogens with zero attached hydrogens (tertiary/aromatic N) is 1. The zero-order valence-electron chi connectivity index (χ0n) is 11.8. The van der Waals surface area contributed by atoms with E-state index in [1.807, 2.05) is 39.0 Å². The number of rotatable bonds is 3. The largest absolute Gasteiger partial charge is 0.481 e. The van der Waals surface area contributed by atoms with Crippen molar-refractivity contribution in [1.82, 2.24) is 9.78 Å². The first kappa shape index (κ1) is 14.1. The lowest BCUT2D eigenvalue weighted by Crippen LogP contribution is -2.20. The van der Waals surface area contributed by atoms with Crippen LogP contribution in [0.4, 0.5) is 0 Å². The monoisotopic (exact) mass is 274 g/mol. The highest BCUT2D eigenvalue weighted by molar-refractivity contribution is 5.70. The molecule has 0 aliphatic heterocycles. The third-order valence-electron chi connectivity index (χ3n) is 3.08. The number of hydrogen-bond acceptors (Lipinski definition) is 2. The molecule has 1 heterocycles. The van der Waals surface area contributed by atoms with Crippen molar-refractivity contribution >= 4 is 5.97 Å². The summed E-state index contributed by atoms with van der Waals surface area (Å²) < 4.78 is 1.40. The second kappa shape index (κ2) is 5.00. The molecule has 2 rings (SSSR count). The number of carboxylic acids is 1. The van der Waals surface area contributed by atoms with Gasteiger partial charge in [0, 0.05) is 11.1 Å². The van der Waals surface area contributed by atoms with Gasteiger partial charge in [-0.05, 0) is 12.1 Å². The Morgan fingerprint density at radius 1 is 1.25 bits per heavy atom. The second-order valence-corrected chi connectivity index (χ2v) is 5.76. The highest BCUT2D eigenvalue weighted by Gasteiger charge is 2.26. The lowest BCUT2D eigenvalue weighted by molar-refractivity contribution is -0.136. The average molecular weight is 274 g/mol. The normalized spacial score (nSPS) is 11.6. The Morgan fingerprint density at radius 3 is 2.35 bits per heavy atom. The Hall–Kier alpha value is -2.30. The fourth-order valence-electron chi connectivity index (χ4n) is 2.17. The maximum absolute atomic E-state index is 12.4. The number of aromatic amines is 1. The molecular formula is C15H18N2O3. The van der Waals surface area contributed by atoms with Crippen LogP contribution in [-0.2, 0) is 16.6 Å². The van der Waals surface area contributed by atoms with Gasteiger partial charge in [0.25, 0.3) is 5.56 Å². The fourth-order valence-corrected chi connectivity index (χ4v) is 2.17. The van der Waals surface area contributed by atoms with Crippen LogP contribution < -0.4 is 5.56 Å². The van der Waals surface area contributed by atoms with E-state index in [0.29, 0.717) is 16.9 Å². The quantitative estimate of drug-likeness (QED) is 0.900. The van der Waals surface area contributed by atoms with Crippen molar-refractivity contribution in [2.75, 3.05) is 0 Å². The van der Waals surface area contributed by atoms with Crippen LogP contribution in [-0.4, -0.2) is 20.9 Å². The number of nitrogens with one attached hydrogen (secondary N) is 1. The summed E-state index contributed by atoms with van der Waals surface area (Å²) in [6.45, 7) is 5.83. The lowest BCUT2D eigenvalue weighted by atomic mass is 9.89. The van der Waals surface area contributed by atoms with Crippen LogP contribution in [0, 0.1) is 0 Å². The van der Waals surface area contributed by atoms with E-state index >= 15 is 0 Å². The molecule has 0 amide bonds. The molecule has 1 aromatic carbocycles. The summed E-state index contributed by atoms with van der Waals surface area (Å²) >= 11 is 0. The van der Waals surface area contributed by atoms with Crippen LogP contribution in [0.2, 0.25) is 0 Å². The van der Waals surface area contributed by atoms with Crippen LogP contribution in [0.15, 0.2) is 35.1 Å². The summed E-state index contributed by atoms with van der Waals surface area (Å²) in [6, 6.07) is 9.12. The number of para-hydroxylation sites is 1. The third-order valence-corrected chi connectivity index (χ3v) is 3.08. The fraction of sp³-hybridized carbons (Fsp3) is 0.333. The summed E-state index contributed by atoms with van der Waals surface area (Å²) in [5, 5.41) is 12.1. The zero-order valence-corrected chi connectivity index (χ0v) is 11.8. The molecule has 0 spiro atoms. The van der Waals surface area contributed by atoms with E-state index < -0.39 is 5.97 Å². The topological polar surface area (TPSA) is 75.1 Å². The molecule has 0 fully saturated rings. The first-order valence-electron chi connectivity index (χ1n) is 6.42. The predicted octanol–water partition coefficient (Wildman–Crippen LogP) is 2.09. The molecule has 0 aliphatic carbocycles. The molecule has 2 aromatic rings. The van der Waals surface area contributed by atoms with Crippen molar-refractivity contribution in [1.29, 1.82) is 0 Å². The van der Waals surface area contributed by atoms with Crippen molar-refractivity contribution in [3.05, 3.63) is 51.9 Å². The average Bonchev–Trinajstić information content (AvgIpc) is 2.67. The molecule has 20 heavy (non-hydrogen) atoms. The molecule has 0 aliphatic rings. The molecule has 5 heteroatoms. The molecule has 1 aromatic heterocycles. The standard InChI is InChI=1S/C15H18N2O3/c1-15(2,3)13-11(9-12(18)19)14(20)17(16-13)10-7-5-4-6-8-10/h4-8,16H,9H2,1-3H3,(H,18,19). The van der Waals surface area contributed by atoms with Gasteiger partial charge in [0.05, 0.1) is 17.7 Å². The van der Waals surface area contributed by atoms with Gasteiger partial charge in [0.2, 0.25) is 0 Å². The number of hydrogen-bond donors (Lipinski definition) is 2. The Balaban J connectivity index is 2.65. The van der Waals surface area contributed by atoms with E-state index in [0.717, 1.165) is 0 Å². The van der Waals surface area contributed by atoms with Crippen molar-refractivity contribution in [2.24, 2.45) is 0 Å². The Labute approximate surface area is 116 Å². The summed E-state index contributed by atoms with van der Waals surface area (Å²) in [5.41, 5.74) is 1.04. The molecule has 0 atom stereocenters. The number of aliphatic carboxylic acids is 1. The lowest BCUT2D eigenvalue weighted by Gasteiger charge is -2.17. The number of benzene rings is 1. The Morgan fingerprint density at radius 2 is 1.85 bits per heavy atom. The SMILES string of the molecule is CC(C)(C)c1[nH]n(-c2ccccc2)c(=O)c1CC(=O)O. The van der Waals surface area contributed by atoms with Gasteiger partial charge in [-0.1, -0.05) is 39.0 Å². The minimum Gasteiger partial charge on any atom is -0.481 e. The molecule has 106 valence electrons. The van der Waals surface area contributed by atoms with Gasteiger partial charge in [0.1, 0.15) is 0 Å². The molecule has 2 N–H and O–H groups in total. The minimum absolute atomic E-state index is 0.276. The third kappa shape index (κ3) is 2.66. The molecule has 0 unspecified atom stereocenters. The van der Waals surface area contributed by atoms with Gasteiger partial charge < -0.3 is 5.11 Å². The number of carbonyl (C=O) groups is 1. The minimum atomic E-state index is -1.01. The van der Waals surface area contributed by atoms with Gasteiger partial charge in [-0.25, -0.2) is 4.68 Å². The van der Waals surface area contributed by atoms with Crippen LogP contribution in [0.25, 0.3) is 5.69 Å². The van der Waals surface area contributed by atoms with Crippen LogP contribution in [0.3, 0.4) is 0 Å². The van der Waals surface area contributed by atoms with E-state index in [2.05, 4.69) is 5.10 Å². The molecule has 0 radical (unpaired) electrons. The van der Waals surface area contributed by atoms with Crippen molar-refractivity contribution < 1.29 is 9.90 Å². The van der Waals surface area contributed by atoms with E-state index in [9.17, 15) is 9.59 Å². The predicted molar refractivity (Wildman–Crippen MR) is 76.4 cm³/mol. The van der Waals surface area contributed by atoms with Crippen molar-refractivity contribution in [3.8, 4) is 5.69 Å². The van der Waals surface area contributed by atoms with Gasteiger partial charge in [-0.2, -0.15) is 0 Å². The summed E-state index contributed by atoms with van der Waals surface area (Å²) in [4.78, 5) is 23.4. The second-order valence-electron chi connectivity index (χ2n) is 5.76. The van der Waals surface area contributed by atoms with Gasteiger partial charge in [-0.3, -0.25) is 14.7 Å². The highest BCUT2D eigenvalue weighted by atomic mass is 16.4. The van der Waals surface area contributed by atoms with Crippen LogP contribution >= 0.6 is 0 Å². The number of H-pyrrole nitrogens is 1. The molecule has 5 nitrogen and oxygen atoms in total. The summed E-state index contributed by atoms with van der Waals surface area (Å²) in [6.07, 6.45) is -0.276. The molecule has 0 bridgehead atoms. The highest BCUT2D eigenvalue weighted by Crippen LogP contribution is 2.23. The Kier molecular flexibility index (Phi) is 3.53. The van der Waals surface area contributed by atoms with E-state index in [1.54, 1.807) is 12.1 Å². The number of aromatic nitrogens is 2. The molecular weight excluding hydrogens is 256 g/mol. The summed E-state index contributed by atoms with van der Waals surface area (Å²) in [5.74, 6) is -1.01. The van der Waals surface area contributed by atoms with Crippen LogP contribution in [0.1, 0.15) is 32.0 Å². The van der Waals surface area contributed by atoms with Crippen molar-refractivity contribution in [2.45, 2.75) is 32.6 Å². The van der Waals surface area contributed by atoms with Gasteiger partial charge in [-0.15, -0.1) is 0 Å². The van der Waals surface area contributed by atoms with Crippen LogP contribution in [0.5, 0.6) is 0 Å². The van der Waals surface area contributed by atoms with Crippen molar-refractivity contribution in [3.63, 3.8) is 0 Å². The Bertz CT molecular complexity index is 675. The number of carboxylic acid groups (broad SMARTS) is 1. The van der Waals surface area contributed by atoms with E-state index in [4.69, 9.17) is 5.11 Å². The maximum Gasteiger partial charge on any atom is 0.308 e. The zero-order chi connectivity index (χ0) is 14.9. The van der Waals surface area contributed by atoms with E-state index in [-0.39, 0.29) is 17.4 Å². The molecule has 0 saturated heterocycles. The smallest absolute Gasteiger partial charge is 0.308 e. The van der Waals surface area contributed by atoms with Gasteiger partial charge in [0.15, 0.2) is 0 Å². The first-order chi connectivity index (χ1) is 9.30. The maximum atomic E-state index is 12.4. The summed E-state index contributed by atoms with van der Waals surface area (Å²) in [7, 11) is 0. The van der Waals surface area contributed by atoms with Gasteiger partial charge >= 0.3 is 5.97 Å². The van der Waals surface area contributed by atoms with E-state index in [1.165, 1.54) is 4.68 Å². The first-order valence-corrected chi connectivity index (χ1v) is 6.42. The molecule has 0 saturated carbocycles.